The van der Waals surface area contributed by atoms with Crippen molar-refractivity contribution >= 4 is 12.1 Å². The van der Waals surface area contributed by atoms with Gasteiger partial charge in [0.05, 0.1) is 6.61 Å². The zero-order valence-corrected chi connectivity index (χ0v) is 16.3. The van der Waals surface area contributed by atoms with Crippen LogP contribution in [0, 0.1) is 5.92 Å². The minimum Gasteiger partial charge on any atom is -0.508 e. The number of alkyl carbamates (subject to hydrolysis) is 1. The third-order valence-electron chi connectivity index (χ3n) is 4.11. The lowest BCUT2D eigenvalue weighted by atomic mass is 10.1. The van der Waals surface area contributed by atoms with Gasteiger partial charge in [0.15, 0.2) is 0 Å². The highest BCUT2D eigenvalue weighted by Gasteiger charge is 2.23. The summed E-state index contributed by atoms with van der Waals surface area (Å²) in [6, 6.07) is 14.9. The van der Waals surface area contributed by atoms with Crippen molar-refractivity contribution in [1.82, 2.24) is 5.32 Å². The van der Waals surface area contributed by atoms with Crippen LogP contribution in [0.2, 0.25) is 0 Å². The second-order valence-corrected chi connectivity index (χ2v) is 6.98. The van der Waals surface area contributed by atoms with Crippen LogP contribution in [0.15, 0.2) is 54.6 Å². The lowest BCUT2D eigenvalue weighted by Crippen LogP contribution is -2.43. The van der Waals surface area contributed by atoms with E-state index >= 15 is 0 Å². The van der Waals surface area contributed by atoms with E-state index in [9.17, 15) is 14.7 Å². The number of hydrogen-bond donors (Lipinski definition) is 2. The molecule has 0 radical (unpaired) electrons. The molecule has 28 heavy (non-hydrogen) atoms. The number of rotatable bonds is 9. The molecule has 0 aromatic heterocycles. The Morgan fingerprint density at radius 3 is 2.29 bits per heavy atom. The topological polar surface area (TPSA) is 84.9 Å². The standard InChI is InChI=1S/C22H27NO5/c1-16(2)12-13-27-21(25)20(14-17-8-10-19(24)11-9-17)23-22(26)28-15-18-6-4-3-5-7-18/h3-11,16,20,24H,12-15H2,1-2H3,(H,23,26). The molecule has 6 heteroatoms. The Labute approximate surface area is 165 Å². The fourth-order valence-corrected chi connectivity index (χ4v) is 2.46. The molecule has 0 fully saturated rings. The number of phenols is 1. The van der Waals surface area contributed by atoms with Crippen LogP contribution in [0.4, 0.5) is 4.79 Å². The number of phenolic OH excluding ortho intramolecular Hbond substituents is 1. The van der Waals surface area contributed by atoms with Gasteiger partial charge in [-0.2, -0.15) is 0 Å². The van der Waals surface area contributed by atoms with Crippen LogP contribution in [0.1, 0.15) is 31.4 Å². The maximum atomic E-state index is 12.5. The third-order valence-corrected chi connectivity index (χ3v) is 4.11. The summed E-state index contributed by atoms with van der Waals surface area (Å²) < 4.78 is 10.5. The van der Waals surface area contributed by atoms with Gasteiger partial charge >= 0.3 is 12.1 Å². The number of nitrogens with one attached hydrogen (secondary N) is 1. The van der Waals surface area contributed by atoms with Crippen molar-refractivity contribution in [1.29, 1.82) is 0 Å². The second-order valence-electron chi connectivity index (χ2n) is 6.98. The Morgan fingerprint density at radius 1 is 0.964 bits per heavy atom. The first kappa shape index (κ1) is 21.3. The summed E-state index contributed by atoms with van der Waals surface area (Å²) in [6.07, 6.45) is 0.297. The number of ether oxygens (including phenoxy) is 2. The molecule has 0 saturated carbocycles. The lowest BCUT2D eigenvalue weighted by Gasteiger charge is -2.18. The Balaban J connectivity index is 1.96. The van der Waals surface area contributed by atoms with Crippen LogP contribution in [-0.4, -0.2) is 29.8 Å². The number of amides is 1. The fourth-order valence-electron chi connectivity index (χ4n) is 2.46. The van der Waals surface area contributed by atoms with E-state index in [0.29, 0.717) is 12.5 Å². The van der Waals surface area contributed by atoms with Crippen LogP contribution >= 0.6 is 0 Å². The van der Waals surface area contributed by atoms with E-state index in [-0.39, 0.29) is 18.8 Å². The molecular formula is C22H27NO5. The normalized spacial score (nSPS) is 11.7. The molecule has 0 spiro atoms. The highest BCUT2D eigenvalue weighted by Crippen LogP contribution is 2.12. The molecular weight excluding hydrogens is 358 g/mol. The smallest absolute Gasteiger partial charge is 0.408 e. The maximum absolute atomic E-state index is 12.5. The molecule has 2 aromatic rings. The van der Waals surface area contributed by atoms with E-state index in [2.05, 4.69) is 5.32 Å². The van der Waals surface area contributed by atoms with Crippen molar-refractivity contribution in [3.8, 4) is 5.75 Å². The molecule has 1 amide bonds. The maximum Gasteiger partial charge on any atom is 0.408 e. The first-order valence-electron chi connectivity index (χ1n) is 9.36. The molecule has 1 unspecified atom stereocenters. The van der Waals surface area contributed by atoms with Crippen molar-refractivity contribution in [2.45, 2.75) is 39.3 Å². The summed E-state index contributed by atoms with van der Waals surface area (Å²) in [5, 5.41) is 12.0. The van der Waals surface area contributed by atoms with Crippen molar-refractivity contribution in [3.63, 3.8) is 0 Å². The van der Waals surface area contributed by atoms with E-state index in [1.54, 1.807) is 12.1 Å². The molecule has 6 nitrogen and oxygen atoms in total. The summed E-state index contributed by atoms with van der Waals surface area (Å²) in [4.78, 5) is 24.6. The van der Waals surface area contributed by atoms with Crippen LogP contribution in [0.5, 0.6) is 5.75 Å². The van der Waals surface area contributed by atoms with Gasteiger partial charge in [0.2, 0.25) is 0 Å². The van der Waals surface area contributed by atoms with Gasteiger partial charge in [-0.3, -0.25) is 0 Å². The minimum absolute atomic E-state index is 0.112. The van der Waals surface area contributed by atoms with Gasteiger partial charge in [-0.15, -0.1) is 0 Å². The molecule has 0 aliphatic heterocycles. The van der Waals surface area contributed by atoms with Gasteiger partial charge in [0.1, 0.15) is 18.4 Å². The highest BCUT2D eigenvalue weighted by molar-refractivity contribution is 5.81. The molecule has 1 atom stereocenters. The SMILES string of the molecule is CC(C)CCOC(=O)C(Cc1ccc(O)cc1)NC(=O)OCc1ccccc1. The van der Waals surface area contributed by atoms with Gasteiger partial charge < -0.3 is 19.9 Å². The van der Waals surface area contributed by atoms with E-state index < -0.39 is 18.1 Å². The summed E-state index contributed by atoms with van der Waals surface area (Å²) in [7, 11) is 0. The zero-order valence-electron chi connectivity index (χ0n) is 16.3. The predicted molar refractivity (Wildman–Crippen MR) is 106 cm³/mol. The van der Waals surface area contributed by atoms with Crippen molar-refractivity contribution in [3.05, 3.63) is 65.7 Å². The lowest BCUT2D eigenvalue weighted by molar-refractivity contribution is -0.146. The van der Waals surface area contributed by atoms with E-state index in [4.69, 9.17) is 9.47 Å². The number of benzene rings is 2. The molecule has 2 N–H and O–H groups in total. The molecule has 0 heterocycles. The minimum atomic E-state index is -0.875. The van der Waals surface area contributed by atoms with Crippen LogP contribution in [0.3, 0.4) is 0 Å². The summed E-state index contributed by atoms with van der Waals surface area (Å²) >= 11 is 0. The molecule has 0 aliphatic rings. The van der Waals surface area contributed by atoms with Crippen molar-refractivity contribution < 1.29 is 24.2 Å². The number of aromatic hydroxyl groups is 1. The Kier molecular flexibility index (Phi) is 8.34. The first-order valence-corrected chi connectivity index (χ1v) is 9.36. The number of carbonyl (C=O) groups excluding carboxylic acids is 2. The van der Waals surface area contributed by atoms with Gasteiger partial charge in [-0.1, -0.05) is 56.3 Å². The highest BCUT2D eigenvalue weighted by atomic mass is 16.6. The number of esters is 1. The van der Waals surface area contributed by atoms with Crippen LogP contribution in [0.25, 0.3) is 0 Å². The van der Waals surface area contributed by atoms with E-state index in [0.717, 1.165) is 17.5 Å². The molecule has 0 saturated heterocycles. The third kappa shape index (κ3) is 7.70. The van der Waals surface area contributed by atoms with Gasteiger partial charge in [-0.25, -0.2) is 9.59 Å². The fraction of sp³-hybridized carbons (Fsp3) is 0.364. The van der Waals surface area contributed by atoms with Crippen LogP contribution < -0.4 is 5.32 Å². The average Bonchev–Trinajstić information content (AvgIpc) is 2.68. The largest absolute Gasteiger partial charge is 0.508 e. The van der Waals surface area contributed by atoms with Gasteiger partial charge in [0.25, 0.3) is 0 Å². The summed E-state index contributed by atoms with van der Waals surface area (Å²) in [5.74, 6) is 0.0348. The zero-order chi connectivity index (χ0) is 20.4. The molecule has 0 aliphatic carbocycles. The average molecular weight is 385 g/mol. The summed E-state index contributed by atoms with van der Waals surface area (Å²) in [5.41, 5.74) is 1.64. The quantitative estimate of drug-likeness (QED) is 0.641. The second kappa shape index (κ2) is 11.0. The molecule has 0 bridgehead atoms. The number of hydrogen-bond acceptors (Lipinski definition) is 5. The number of carbonyl (C=O) groups is 2. The van der Waals surface area contributed by atoms with Crippen LogP contribution in [-0.2, 0) is 27.3 Å². The van der Waals surface area contributed by atoms with Gasteiger partial charge in [-0.05, 0) is 35.6 Å². The summed E-state index contributed by atoms with van der Waals surface area (Å²) in [6.45, 7) is 4.49. The van der Waals surface area contributed by atoms with E-state index in [1.165, 1.54) is 12.1 Å². The van der Waals surface area contributed by atoms with Crippen molar-refractivity contribution in [2.24, 2.45) is 5.92 Å². The Hall–Kier alpha value is -3.02. The van der Waals surface area contributed by atoms with E-state index in [1.807, 2.05) is 44.2 Å². The Bertz CT molecular complexity index is 743. The first-order chi connectivity index (χ1) is 13.4. The van der Waals surface area contributed by atoms with Crippen molar-refractivity contribution in [2.75, 3.05) is 6.61 Å². The Morgan fingerprint density at radius 2 is 1.64 bits per heavy atom. The van der Waals surface area contributed by atoms with Gasteiger partial charge in [0, 0.05) is 6.42 Å². The molecule has 150 valence electrons. The monoisotopic (exact) mass is 385 g/mol. The molecule has 2 aromatic carbocycles. The molecule has 2 rings (SSSR count). The predicted octanol–water partition coefficient (Wildman–Crippen LogP) is 3.82.